The van der Waals surface area contributed by atoms with Crippen molar-refractivity contribution < 1.29 is 18.3 Å². The van der Waals surface area contributed by atoms with E-state index < -0.39 is 18.4 Å². The summed E-state index contributed by atoms with van der Waals surface area (Å²) in [5.74, 6) is -0.580. The molecule has 0 saturated heterocycles. The molecule has 2 aliphatic carbocycles. The number of pyridine rings is 2. The van der Waals surface area contributed by atoms with Crippen molar-refractivity contribution >= 4 is 11.7 Å². The lowest BCUT2D eigenvalue weighted by molar-refractivity contribution is 0.102. The largest absolute Gasteiger partial charge is 0.383 e. The Bertz CT molecular complexity index is 1680. The highest BCUT2D eigenvalue weighted by molar-refractivity contribution is 6.04. The first kappa shape index (κ1) is 27.9. The van der Waals surface area contributed by atoms with Gasteiger partial charge in [0.1, 0.15) is 23.9 Å². The summed E-state index contributed by atoms with van der Waals surface area (Å²) < 4.78 is 36.0. The first-order chi connectivity index (χ1) is 20.4. The molecule has 1 aromatic carbocycles. The average molecular weight is 576 g/mol. The highest BCUT2D eigenvalue weighted by atomic mass is 19.1. The maximum Gasteiger partial charge on any atom is 0.263 e. The van der Waals surface area contributed by atoms with E-state index in [-0.39, 0.29) is 34.6 Å². The third kappa shape index (κ3) is 6.00. The molecule has 3 heterocycles. The van der Waals surface area contributed by atoms with E-state index in [0.29, 0.717) is 36.5 Å². The van der Waals surface area contributed by atoms with Crippen molar-refractivity contribution in [2.24, 2.45) is 0 Å². The number of anilines is 1. The van der Waals surface area contributed by atoms with Gasteiger partial charge in [0, 0.05) is 55.7 Å². The Morgan fingerprint density at radius 2 is 1.98 bits per heavy atom. The van der Waals surface area contributed by atoms with E-state index in [1.165, 1.54) is 23.0 Å². The van der Waals surface area contributed by atoms with Crippen molar-refractivity contribution in [3.05, 3.63) is 87.5 Å². The topological polar surface area (TPSA) is 116 Å². The number of aromatic nitrogens is 5. The van der Waals surface area contributed by atoms with Crippen LogP contribution in [-0.4, -0.2) is 50.7 Å². The molecule has 6 rings (SSSR count). The molecule has 218 valence electrons. The van der Waals surface area contributed by atoms with Crippen LogP contribution in [0.4, 0.5) is 14.6 Å². The second kappa shape index (κ2) is 11.9. The number of carbonyl (C=O) groups is 1. The van der Waals surface area contributed by atoms with Gasteiger partial charge in [-0.1, -0.05) is 5.21 Å². The van der Waals surface area contributed by atoms with Crippen LogP contribution in [0.5, 0.6) is 0 Å². The lowest BCUT2D eigenvalue weighted by atomic mass is 10.0. The zero-order chi connectivity index (χ0) is 29.2. The third-order valence-corrected chi connectivity index (χ3v) is 7.43. The fraction of sp³-hybridized carbons (Fsp3) is 0.367. The quantitative estimate of drug-likeness (QED) is 0.242. The highest BCUT2D eigenvalue weighted by Crippen LogP contribution is 2.41. The van der Waals surface area contributed by atoms with Crippen LogP contribution < -0.4 is 16.2 Å². The number of amides is 1. The normalized spacial score (nSPS) is 14.7. The summed E-state index contributed by atoms with van der Waals surface area (Å²) in [5.41, 5.74) is 2.97. The molecule has 4 aromatic rings. The minimum atomic E-state index is -0.826. The Hall–Kier alpha value is -4.29. The van der Waals surface area contributed by atoms with Gasteiger partial charge in [0.2, 0.25) is 0 Å². The lowest BCUT2D eigenvalue weighted by Crippen LogP contribution is -2.30. The van der Waals surface area contributed by atoms with Gasteiger partial charge in [-0.2, -0.15) is 0 Å². The van der Waals surface area contributed by atoms with Crippen LogP contribution in [0, 0.1) is 5.82 Å². The monoisotopic (exact) mass is 575 g/mol. The number of alkyl halides is 1. The number of benzene rings is 1. The number of hydrogen-bond donors (Lipinski definition) is 2. The number of carbonyl (C=O) groups excluding carboxylic acids is 1. The van der Waals surface area contributed by atoms with Crippen LogP contribution in [-0.2, 0) is 18.0 Å². The third-order valence-electron chi connectivity index (χ3n) is 7.43. The number of nitrogens with zero attached hydrogens (tertiary/aromatic N) is 5. The van der Waals surface area contributed by atoms with E-state index in [1.807, 2.05) is 12.3 Å². The van der Waals surface area contributed by atoms with Gasteiger partial charge in [0.15, 0.2) is 0 Å². The minimum absolute atomic E-state index is 0.0331. The number of methoxy groups -OCH3 is 1. The van der Waals surface area contributed by atoms with Crippen molar-refractivity contribution in [2.45, 2.75) is 50.9 Å². The summed E-state index contributed by atoms with van der Waals surface area (Å²) in [4.78, 5) is 31.6. The fourth-order valence-electron chi connectivity index (χ4n) is 4.97. The van der Waals surface area contributed by atoms with Crippen molar-refractivity contribution in [3.63, 3.8) is 0 Å². The van der Waals surface area contributed by atoms with Gasteiger partial charge in [0.05, 0.1) is 24.2 Å². The molecule has 2 fully saturated rings. The fourth-order valence-corrected chi connectivity index (χ4v) is 4.97. The molecule has 2 aliphatic rings. The molecule has 0 unspecified atom stereocenters. The van der Waals surface area contributed by atoms with Crippen LogP contribution in [0.3, 0.4) is 0 Å². The van der Waals surface area contributed by atoms with E-state index in [4.69, 9.17) is 4.74 Å². The average Bonchev–Trinajstić information content (AvgIpc) is 3.93. The summed E-state index contributed by atoms with van der Waals surface area (Å²) in [6, 6.07) is 9.43. The van der Waals surface area contributed by atoms with Gasteiger partial charge in [-0.05, 0) is 67.1 Å². The van der Waals surface area contributed by atoms with E-state index in [2.05, 4.69) is 25.9 Å². The SMILES string of the molecule is COCCNCc1cc(C(=O)Nc2cc(-c3ccc(F)cc3-n3nncc3CF)cc(C3CC3)n2)c(=O)n(C2CC2)c1. The minimum Gasteiger partial charge on any atom is -0.383 e. The Morgan fingerprint density at radius 1 is 1.14 bits per heavy atom. The standard InChI is InChI=1S/C30H31F2N7O3/c1-42-9-8-33-15-18-10-25(30(41)38(17-18)22-5-6-22)29(40)36-28-12-20(11-26(35-28)19-2-3-19)24-7-4-21(32)13-27(24)39-23(14-31)16-34-37-39/h4,7,10-13,16-17,19,22,33H,2-3,5-6,8-9,14-15H2,1H3,(H,35,36,40). The van der Waals surface area contributed by atoms with Crippen molar-refractivity contribution in [3.8, 4) is 16.8 Å². The smallest absolute Gasteiger partial charge is 0.263 e. The van der Waals surface area contributed by atoms with Gasteiger partial charge in [-0.25, -0.2) is 18.4 Å². The molecular formula is C30H31F2N7O3. The summed E-state index contributed by atoms with van der Waals surface area (Å²) in [6.45, 7) is 0.830. The molecule has 0 atom stereocenters. The molecule has 0 spiro atoms. The number of ether oxygens (including phenoxy) is 1. The van der Waals surface area contributed by atoms with E-state index in [9.17, 15) is 18.4 Å². The first-order valence-corrected chi connectivity index (χ1v) is 14.0. The lowest BCUT2D eigenvalue weighted by Gasteiger charge is -2.15. The molecule has 42 heavy (non-hydrogen) atoms. The van der Waals surface area contributed by atoms with Crippen molar-refractivity contribution in [2.75, 3.05) is 25.6 Å². The predicted molar refractivity (Wildman–Crippen MR) is 152 cm³/mol. The Labute approximate surface area is 240 Å². The summed E-state index contributed by atoms with van der Waals surface area (Å²) in [5, 5.41) is 13.9. The van der Waals surface area contributed by atoms with Crippen LogP contribution in [0.1, 0.15) is 65.0 Å². The van der Waals surface area contributed by atoms with E-state index in [1.54, 1.807) is 29.9 Å². The van der Waals surface area contributed by atoms with Gasteiger partial charge >= 0.3 is 0 Å². The maximum atomic E-state index is 14.4. The van der Waals surface area contributed by atoms with Crippen LogP contribution >= 0.6 is 0 Å². The summed E-state index contributed by atoms with van der Waals surface area (Å²) in [7, 11) is 1.63. The molecule has 0 bridgehead atoms. The molecule has 2 saturated carbocycles. The maximum absolute atomic E-state index is 14.4. The number of rotatable bonds is 12. The zero-order valence-electron chi connectivity index (χ0n) is 23.1. The molecule has 2 N–H and O–H groups in total. The second-order valence-corrected chi connectivity index (χ2v) is 10.7. The number of halogens is 2. The summed E-state index contributed by atoms with van der Waals surface area (Å²) in [6.07, 6.45) is 6.81. The van der Waals surface area contributed by atoms with Crippen LogP contribution in [0.2, 0.25) is 0 Å². The second-order valence-electron chi connectivity index (χ2n) is 10.7. The Morgan fingerprint density at radius 3 is 2.71 bits per heavy atom. The Balaban J connectivity index is 1.35. The molecule has 3 aromatic heterocycles. The number of nitrogens with one attached hydrogen (secondary N) is 2. The predicted octanol–water partition coefficient (Wildman–Crippen LogP) is 4.30. The number of hydrogen-bond acceptors (Lipinski definition) is 7. The van der Waals surface area contributed by atoms with Gasteiger partial charge in [-0.3, -0.25) is 9.59 Å². The zero-order valence-corrected chi connectivity index (χ0v) is 23.1. The molecular weight excluding hydrogens is 544 g/mol. The molecule has 0 radical (unpaired) electrons. The highest BCUT2D eigenvalue weighted by Gasteiger charge is 2.29. The van der Waals surface area contributed by atoms with Crippen molar-refractivity contribution in [1.82, 2.24) is 29.9 Å². The Kier molecular flexibility index (Phi) is 7.90. The van der Waals surface area contributed by atoms with Crippen LogP contribution in [0.15, 0.2) is 53.6 Å². The van der Waals surface area contributed by atoms with Gasteiger partial charge in [0.25, 0.3) is 11.5 Å². The van der Waals surface area contributed by atoms with E-state index in [0.717, 1.165) is 36.9 Å². The molecule has 10 nitrogen and oxygen atoms in total. The van der Waals surface area contributed by atoms with Gasteiger partial charge in [-0.15, -0.1) is 5.10 Å². The molecule has 1 amide bonds. The first-order valence-electron chi connectivity index (χ1n) is 14.0. The van der Waals surface area contributed by atoms with Crippen molar-refractivity contribution in [1.29, 1.82) is 0 Å². The van der Waals surface area contributed by atoms with Gasteiger partial charge < -0.3 is 19.9 Å². The van der Waals surface area contributed by atoms with E-state index >= 15 is 0 Å². The molecule has 0 aliphatic heterocycles. The summed E-state index contributed by atoms with van der Waals surface area (Å²) >= 11 is 0. The van der Waals surface area contributed by atoms with Crippen LogP contribution in [0.25, 0.3) is 16.8 Å². The molecule has 12 heteroatoms.